The van der Waals surface area contributed by atoms with E-state index in [1.165, 1.54) is 0 Å². The van der Waals surface area contributed by atoms with Crippen LogP contribution in [0.4, 0.5) is 0 Å². The quantitative estimate of drug-likeness (QED) is 0.568. The van der Waals surface area contributed by atoms with Crippen molar-refractivity contribution >= 4 is 0 Å². The Kier molecular flexibility index (Phi) is 1.97. The zero-order chi connectivity index (χ0) is 8.65. The molecule has 11 heavy (non-hydrogen) atoms. The van der Waals surface area contributed by atoms with E-state index in [1.54, 1.807) is 0 Å². The van der Waals surface area contributed by atoms with Gasteiger partial charge in [0.25, 0.3) is 0 Å². The summed E-state index contributed by atoms with van der Waals surface area (Å²) in [7, 11) is 2.07. The van der Waals surface area contributed by atoms with Gasteiger partial charge in [0.05, 0.1) is 0 Å². The van der Waals surface area contributed by atoms with Gasteiger partial charge in [-0.2, -0.15) is 0 Å². The largest absolute Gasteiger partial charge is 0.374 e. The van der Waals surface area contributed by atoms with Gasteiger partial charge in [0.1, 0.15) is 0 Å². The van der Waals surface area contributed by atoms with Crippen molar-refractivity contribution in [1.29, 1.82) is 0 Å². The van der Waals surface area contributed by atoms with Crippen LogP contribution in [0.5, 0.6) is 0 Å². The van der Waals surface area contributed by atoms with Crippen molar-refractivity contribution in [2.24, 2.45) is 11.7 Å². The predicted octanol–water partition coefficient (Wildman–Crippen LogP) is 1.19. The lowest BCUT2D eigenvalue weighted by molar-refractivity contribution is 0.145. The van der Waals surface area contributed by atoms with Gasteiger partial charge < -0.3 is 10.6 Å². The number of likely N-dealkylation sites (N-methyl/N-ethyl adjacent to an activating group) is 1. The van der Waals surface area contributed by atoms with E-state index in [-0.39, 0.29) is 11.6 Å². The van der Waals surface area contributed by atoms with Crippen molar-refractivity contribution in [3.8, 4) is 0 Å². The van der Waals surface area contributed by atoms with Crippen LogP contribution < -0.4 is 5.73 Å². The minimum atomic E-state index is 0.0914. The smallest absolute Gasteiger partial charge is 0.0493 e. The second-order valence-electron chi connectivity index (χ2n) is 3.99. The standard InChI is InChI=1S/C9H18N2/c1-7-5-6-11(4)9(2,3)8(7)10/h5-8H,10H2,1-4H3. The molecule has 0 saturated carbocycles. The maximum atomic E-state index is 6.05. The van der Waals surface area contributed by atoms with E-state index in [9.17, 15) is 0 Å². The molecule has 2 atom stereocenters. The van der Waals surface area contributed by atoms with Gasteiger partial charge in [0.15, 0.2) is 0 Å². The molecule has 0 aromatic rings. The monoisotopic (exact) mass is 154 g/mol. The molecule has 0 aromatic heterocycles. The molecule has 64 valence electrons. The third-order valence-corrected chi connectivity index (χ3v) is 2.90. The third-order valence-electron chi connectivity index (χ3n) is 2.90. The number of nitrogens with two attached hydrogens (primary N) is 1. The fourth-order valence-electron chi connectivity index (χ4n) is 1.46. The fourth-order valence-corrected chi connectivity index (χ4v) is 1.46. The molecule has 1 aliphatic heterocycles. The van der Waals surface area contributed by atoms with Crippen molar-refractivity contribution in [2.75, 3.05) is 7.05 Å². The van der Waals surface area contributed by atoms with E-state index in [0.29, 0.717) is 5.92 Å². The molecule has 2 heteroatoms. The van der Waals surface area contributed by atoms with E-state index in [2.05, 4.69) is 45.0 Å². The van der Waals surface area contributed by atoms with Gasteiger partial charge >= 0.3 is 0 Å². The van der Waals surface area contributed by atoms with Crippen LogP contribution in [0.15, 0.2) is 12.3 Å². The zero-order valence-corrected chi connectivity index (χ0v) is 7.83. The summed E-state index contributed by atoms with van der Waals surface area (Å²) in [6.07, 6.45) is 4.28. The molecular weight excluding hydrogens is 136 g/mol. The van der Waals surface area contributed by atoms with E-state index >= 15 is 0 Å². The minimum Gasteiger partial charge on any atom is -0.374 e. The molecule has 0 aromatic carbocycles. The SMILES string of the molecule is CC1C=CN(C)C(C)(C)C1N. The Bertz CT molecular complexity index is 172. The first-order valence-electron chi connectivity index (χ1n) is 4.13. The summed E-state index contributed by atoms with van der Waals surface area (Å²) in [5, 5.41) is 0. The van der Waals surface area contributed by atoms with E-state index in [1.807, 2.05) is 0 Å². The summed E-state index contributed by atoms with van der Waals surface area (Å²) in [5.74, 6) is 0.487. The third kappa shape index (κ3) is 1.27. The Morgan fingerprint density at radius 1 is 1.45 bits per heavy atom. The summed E-state index contributed by atoms with van der Waals surface area (Å²) >= 11 is 0. The van der Waals surface area contributed by atoms with Crippen LogP contribution in [-0.4, -0.2) is 23.5 Å². The zero-order valence-electron chi connectivity index (χ0n) is 7.83. The molecule has 0 saturated heterocycles. The van der Waals surface area contributed by atoms with Crippen LogP contribution in [0, 0.1) is 5.92 Å². The Balaban J connectivity index is 2.88. The molecule has 1 heterocycles. The van der Waals surface area contributed by atoms with E-state index in [4.69, 9.17) is 5.73 Å². The van der Waals surface area contributed by atoms with Crippen molar-refractivity contribution in [1.82, 2.24) is 4.90 Å². The number of rotatable bonds is 0. The number of hydrogen-bond donors (Lipinski definition) is 1. The van der Waals surface area contributed by atoms with Crippen LogP contribution in [0.25, 0.3) is 0 Å². The normalized spacial score (nSPS) is 35.9. The first-order chi connectivity index (χ1) is 4.96. The van der Waals surface area contributed by atoms with Crippen molar-refractivity contribution in [3.63, 3.8) is 0 Å². The Morgan fingerprint density at radius 2 is 2.00 bits per heavy atom. The highest BCUT2D eigenvalue weighted by molar-refractivity contribution is 5.07. The average Bonchev–Trinajstić information content (AvgIpc) is 1.95. The maximum Gasteiger partial charge on any atom is 0.0493 e. The molecule has 2 nitrogen and oxygen atoms in total. The summed E-state index contributed by atoms with van der Waals surface area (Å²) in [6, 6.07) is 0.234. The van der Waals surface area contributed by atoms with Crippen molar-refractivity contribution < 1.29 is 0 Å². The molecule has 2 N–H and O–H groups in total. The van der Waals surface area contributed by atoms with Crippen LogP contribution >= 0.6 is 0 Å². The lowest BCUT2D eigenvalue weighted by Gasteiger charge is -2.45. The van der Waals surface area contributed by atoms with E-state index < -0.39 is 0 Å². The van der Waals surface area contributed by atoms with Crippen LogP contribution in [0.1, 0.15) is 20.8 Å². The highest BCUT2D eigenvalue weighted by Gasteiger charge is 2.34. The average molecular weight is 154 g/mol. The van der Waals surface area contributed by atoms with Gasteiger partial charge in [0.2, 0.25) is 0 Å². The lowest BCUT2D eigenvalue weighted by atomic mass is 9.82. The first-order valence-corrected chi connectivity index (χ1v) is 4.13. The molecule has 2 unspecified atom stereocenters. The van der Waals surface area contributed by atoms with Crippen LogP contribution in [0.3, 0.4) is 0 Å². The van der Waals surface area contributed by atoms with Gasteiger partial charge in [0, 0.05) is 18.6 Å². The summed E-state index contributed by atoms with van der Waals surface area (Å²) in [6.45, 7) is 6.52. The van der Waals surface area contributed by atoms with Gasteiger partial charge in [-0.1, -0.05) is 13.0 Å². The van der Waals surface area contributed by atoms with Crippen molar-refractivity contribution in [3.05, 3.63) is 12.3 Å². The highest BCUT2D eigenvalue weighted by atomic mass is 15.2. The topological polar surface area (TPSA) is 29.3 Å². The Hall–Kier alpha value is -0.500. The van der Waals surface area contributed by atoms with Crippen molar-refractivity contribution in [2.45, 2.75) is 32.4 Å². The molecule has 0 radical (unpaired) electrons. The summed E-state index contributed by atoms with van der Waals surface area (Å²) in [4.78, 5) is 2.18. The molecule has 0 spiro atoms. The van der Waals surface area contributed by atoms with Crippen LogP contribution in [0.2, 0.25) is 0 Å². The Morgan fingerprint density at radius 3 is 2.45 bits per heavy atom. The number of nitrogens with zero attached hydrogens (tertiary/aromatic N) is 1. The second-order valence-corrected chi connectivity index (χ2v) is 3.99. The molecule has 0 amide bonds. The van der Waals surface area contributed by atoms with Gasteiger partial charge in [-0.05, 0) is 26.0 Å². The lowest BCUT2D eigenvalue weighted by Crippen LogP contribution is -2.57. The highest BCUT2D eigenvalue weighted by Crippen LogP contribution is 2.26. The first kappa shape index (κ1) is 8.60. The maximum absolute atomic E-state index is 6.05. The minimum absolute atomic E-state index is 0.0914. The molecule has 0 bridgehead atoms. The molecule has 1 rings (SSSR count). The molecule has 0 aliphatic carbocycles. The van der Waals surface area contributed by atoms with Crippen LogP contribution in [-0.2, 0) is 0 Å². The Labute approximate surface area is 69.1 Å². The summed E-state index contributed by atoms with van der Waals surface area (Å²) in [5.41, 5.74) is 6.14. The predicted molar refractivity (Wildman–Crippen MR) is 48.1 cm³/mol. The van der Waals surface area contributed by atoms with Gasteiger partial charge in [-0.25, -0.2) is 0 Å². The molecular formula is C9H18N2. The molecule has 0 fully saturated rings. The summed E-state index contributed by atoms with van der Waals surface area (Å²) < 4.78 is 0. The molecule has 1 aliphatic rings. The van der Waals surface area contributed by atoms with Gasteiger partial charge in [-0.15, -0.1) is 0 Å². The fraction of sp³-hybridized carbons (Fsp3) is 0.778. The van der Waals surface area contributed by atoms with E-state index in [0.717, 1.165) is 0 Å². The number of hydrogen-bond acceptors (Lipinski definition) is 2. The second kappa shape index (κ2) is 2.52. The van der Waals surface area contributed by atoms with Gasteiger partial charge in [-0.3, -0.25) is 0 Å².